The largest absolute Gasteiger partial charge is 0.494 e. The van der Waals surface area contributed by atoms with Gasteiger partial charge in [0.1, 0.15) is 11.2 Å². The predicted molar refractivity (Wildman–Crippen MR) is 468 cm³/mol. The van der Waals surface area contributed by atoms with Crippen molar-refractivity contribution in [3.05, 3.63) is 261 Å². The van der Waals surface area contributed by atoms with Crippen molar-refractivity contribution in [2.24, 2.45) is 0 Å². The van der Waals surface area contributed by atoms with Gasteiger partial charge in [0.25, 0.3) is 0 Å². The smallest absolute Gasteiger partial charge is 0.455 e. The van der Waals surface area contributed by atoms with Gasteiger partial charge in [-0.05, 0) is 207 Å². The Morgan fingerprint density at radius 3 is 0.972 bits per heavy atom. The lowest BCUT2D eigenvalue weighted by Crippen LogP contribution is -2.41. The minimum absolute atomic E-state index is 0.334. The SMILES string of the molecule is CC1(C)OB(c2ccc3c(c2)sc2c4ccccc4c4ccccc4c32)OC1(C)C.CC1(C)OB(c2ccc3c(c2)sc2cc(-c4ccc5c(c4)oc4c6ccccc6c6ccccc6c54)ccc23)OC1(C)C.CC1(C)OB(c2cccc(-c3ccc4c(c3)sc3c5ccccc5c5ccccc5c43)c2)OC1(C)C. The van der Waals surface area contributed by atoms with Crippen LogP contribution in [0, 0.1) is 0 Å². The maximum Gasteiger partial charge on any atom is 0.494 e. The second kappa shape index (κ2) is 24.9. The van der Waals surface area contributed by atoms with Crippen molar-refractivity contribution >= 4 is 219 Å². The molecule has 4 aromatic heterocycles. The van der Waals surface area contributed by atoms with Crippen LogP contribution in [0.1, 0.15) is 83.1 Å². The second-order valence-electron chi connectivity index (χ2n) is 32.8. The first-order valence-electron chi connectivity index (χ1n) is 37.9. The molecule has 0 spiro atoms. The third kappa shape index (κ3) is 11.0. The normalized spacial score (nSPS) is 17.2. The van der Waals surface area contributed by atoms with Gasteiger partial charge in [0.05, 0.1) is 33.6 Å². The first kappa shape index (κ1) is 68.5. The van der Waals surface area contributed by atoms with Crippen LogP contribution >= 0.6 is 34.0 Å². The van der Waals surface area contributed by atoms with E-state index in [2.05, 4.69) is 344 Å². The van der Waals surface area contributed by atoms with Crippen molar-refractivity contribution in [2.45, 2.75) is 117 Å². The third-order valence-electron chi connectivity index (χ3n) is 24.7. The molecule has 0 unspecified atom stereocenters. The van der Waals surface area contributed by atoms with E-state index in [1.54, 1.807) is 0 Å². The van der Waals surface area contributed by atoms with E-state index in [4.69, 9.17) is 32.3 Å². The lowest BCUT2D eigenvalue weighted by atomic mass is 9.78. The minimum Gasteiger partial charge on any atom is -0.455 e. The van der Waals surface area contributed by atoms with E-state index < -0.39 is 0 Å². The minimum atomic E-state index is -0.361. The average molecular weight is 1470 g/mol. The third-order valence-corrected chi connectivity index (χ3v) is 28.2. The Morgan fingerprint density at radius 2 is 0.523 bits per heavy atom. The molecule has 109 heavy (non-hydrogen) atoms. The van der Waals surface area contributed by atoms with Gasteiger partial charge in [-0.1, -0.05) is 224 Å². The summed E-state index contributed by atoms with van der Waals surface area (Å²) in [5.74, 6) is 0. The molecular weight excluding hydrogens is 1390 g/mol. The second-order valence-corrected chi connectivity index (χ2v) is 36.0. The Balaban J connectivity index is 0.000000109. The first-order chi connectivity index (χ1) is 52.5. The molecule has 0 amide bonds. The summed E-state index contributed by atoms with van der Waals surface area (Å²) in [4.78, 5) is 0. The van der Waals surface area contributed by atoms with E-state index in [0.717, 1.165) is 43.9 Å². The Morgan fingerprint density at radius 1 is 0.220 bits per heavy atom. The molecular formula is C96H79B3O7S3. The van der Waals surface area contributed by atoms with Crippen LogP contribution in [0.5, 0.6) is 0 Å². The van der Waals surface area contributed by atoms with E-state index >= 15 is 0 Å². The number of hydrogen-bond donors (Lipinski definition) is 0. The van der Waals surface area contributed by atoms with Gasteiger partial charge >= 0.3 is 21.4 Å². The molecule has 0 aliphatic carbocycles. The molecule has 3 fully saturated rings. The summed E-state index contributed by atoms with van der Waals surface area (Å²) < 4.78 is 52.3. The summed E-state index contributed by atoms with van der Waals surface area (Å²) in [6.07, 6.45) is 0. The predicted octanol–water partition coefficient (Wildman–Crippen LogP) is 25.2. The topological polar surface area (TPSA) is 68.5 Å². The van der Waals surface area contributed by atoms with Gasteiger partial charge in [-0.2, -0.15) is 0 Å². The lowest BCUT2D eigenvalue weighted by Gasteiger charge is -2.32. The molecule has 0 N–H and O–H groups in total. The Bertz CT molecular complexity index is 6970. The Kier molecular flexibility index (Phi) is 15.7. The molecule has 0 atom stereocenters. The van der Waals surface area contributed by atoms with Gasteiger partial charge < -0.3 is 32.3 Å². The van der Waals surface area contributed by atoms with E-state index in [9.17, 15) is 0 Å². The molecule has 13 heteroatoms. The van der Waals surface area contributed by atoms with Crippen LogP contribution < -0.4 is 16.4 Å². The van der Waals surface area contributed by atoms with E-state index in [0.29, 0.717) is 0 Å². The molecule has 0 bridgehead atoms. The highest BCUT2D eigenvalue weighted by Gasteiger charge is 2.54. The summed E-state index contributed by atoms with van der Waals surface area (Å²) in [5.41, 5.74) is 7.71. The molecule has 7 nitrogen and oxygen atoms in total. The van der Waals surface area contributed by atoms with Gasteiger partial charge in [0, 0.05) is 87.4 Å². The molecule has 3 aliphatic rings. The van der Waals surface area contributed by atoms with Crippen molar-refractivity contribution in [3.63, 3.8) is 0 Å². The van der Waals surface area contributed by atoms with Crippen molar-refractivity contribution < 1.29 is 32.3 Å². The van der Waals surface area contributed by atoms with Crippen molar-refractivity contribution in [1.82, 2.24) is 0 Å². The molecule has 7 heterocycles. The van der Waals surface area contributed by atoms with Gasteiger partial charge in [0.2, 0.25) is 0 Å². The number of fused-ring (bicyclic) bond motifs is 27. The van der Waals surface area contributed by atoms with Crippen LogP contribution in [0.15, 0.2) is 265 Å². The summed E-state index contributed by atoms with van der Waals surface area (Å²) >= 11 is 5.58. The molecule has 0 radical (unpaired) electrons. The first-order valence-corrected chi connectivity index (χ1v) is 40.3. The Labute approximate surface area is 646 Å². The van der Waals surface area contributed by atoms with E-state index in [1.807, 2.05) is 34.0 Å². The zero-order valence-electron chi connectivity index (χ0n) is 63.1. The van der Waals surface area contributed by atoms with Crippen molar-refractivity contribution in [3.8, 4) is 22.3 Å². The number of rotatable bonds is 5. The average Bonchev–Trinajstić information content (AvgIpc) is 1.64. The van der Waals surface area contributed by atoms with Crippen LogP contribution in [-0.2, 0) is 27.9 Å². The number of furan rings is 1. The summed E-state index contributed by atoms with van der Waals surface area (Å²) in [7, 11) is -1.06. The number of hydrogen-bond acceptors (Lipinski definition) is 10. The standard InChI is InChI=1S/C38H29BO3S.C32H27BO2S.C26H23BO2S/c1-37(2)38(3,4)42-39(41-37)24-15-18-28-27-16-13-23(20-33(27)43-34(28)21-24)22-14-17-31-32(19-22)40-36-30-12-8-6-10-26(30)25-9-5-7-11-29(25)35(31)36;1-31(2)32(3,4)35-33(34-31)22-11-9-10-20(18-22)21-16-17-27-28(19-21)36-30-26-15-8-6-13-24(26)23-12-5-7-14-25(23)29(27)30;1-25(2)26(3,4)29-27(28-25)16-13-14-21-22(15-16)30-24-20-12-8-6-10-18(20)17-9-5-7-11-19(17)23(21)24/h5-21H,1-4H3;5-19H,1-4H3;5-15H,1-4H3. The quantitative estimate of drug-likeness (QED) is 0.126. The van der Waals surface area contributed by atoms with E-state index in [-0.39, 0.29) is 55.0 Å². The van der Waals surface area contributed by atoms with E-state index in [1.165, 1.54) is 142 Å². The van der Waals surface area contributed by atoms with Gasteiger partial charge in [-0.15, -0.1) is 34.0 Å². The molecule has 19 aromatic rings. The lowest BCUT2D eigenvalue weighted by molar-refractivity contribution is 0.00578. The number of benzene rings is 15. The van der Waals surface area contributed by atoms with Gasteiger partial charge in [-0.25, -0.2) is 0 Å². The number of thiophene rings is 3. The van der Waals surface area contributed by atoms with Gasteiger partial charge in [-0.3, -0.25) is 0 Å². The molecule has 532 valence electrons. The van der Waals surface area contributed by atoms with Crippen LogP contribution in [0.4, 0.5) is 0 Å². The van der Waals surface area contributed by atoms with Crippen LogP contribution in [0.2, 0.25) is 0 Å². The molecule has 15 aromatic carbocycles. The summed E-state index contributed by atoms with van der Waals surface area (Å²) in [5, 5.41) is 25.7. The monoisotopic (exact) mass is 1470 g/mol. The maximum absolute atomic E-state index is 6.64. The van der Waals surface area contributed by atoms with Crippen LogP contribution in [-0.4, -0.2) is 55.0 Å². The van der Waals surface area contributed by atoms with Crippen molar-refractivity contribution in [2.75, 3.05) is 0 Å². The van der Waals surface area contributed by atoms with Gasteiger partial charge in [0.15, 0.2) is 0 Å². The summed E-state index contributed by atoms with van der Waals surface area (Å²) in [6, 6.07) is 94.5. The highest BCUT2D eigenvalue weighted by Crippen LogP contribution is 2.49. The van der Waals surface area contributed by atoms with Crippen LogP contribution in [0.25, 0.3) is 169 Å². The summed E-state index contributed by atoms with van der Waals surface area (Å²) in [6.45, 7) is 25.2. The zero-order valence-corrected chi connectivity index (χ0v) is 65.6. The highest BCUT2D eigenvalue weighted by molar-refractivity contribution is 7.27. The molecule has 0 saturated carbocycles. The fourth-order valence-corrected chi connectivity index (χ4v) is 20.5. The maximum atomic E-state index is 6.64. The fourth-order valence-electron chi connectivity index (χ4n) is 16.7. The van der Waals surface area contributed by atoms with Crippen LogP contribution in [0.3, 0.4) is 0 Å². The molecule has 3 saturated heterocycles. The Hall–Kier alpha value is -9.73. The zero-order chi connectivity index (χ0) is 74.4. The fraction of sp³-hybridized carbons (Fsp3) is 0.188. The highest BCUT2D eigenvalue weighted by atomic mass is 32.1. The van der Waals surface area contributed by atoms with Crippen molar-refractivity contribution in [1.29, 1.82) is 0 Å². The molecule has 3 aliphatic heterocycles. The molecule has 22 rings (SSSR count).